The van der Waals surface area contributed by atoms with E-state index in [0.717, 1.165) is 31.2 Å². The number of hydrogen-bond donors (Lipinski definition) is 0. The van der Waals surface area contributed by atoms with E-state index in [2.05, 4.69) is 30.1 Å². The van der Waals surface area contributed by atoms with Gasteiger partial charge in [-0.2, -0.15) is 0 Å². The van der Waals surface area contributed by atoms with Gasteiger partial charge in [-0.1, -0.05) is 29.8 Å². The van der Waals surface area contributed by atoms with Crippen molar-refractivity contribution in [3.05, 3.63) is 53.2 Å². The summed E-state index contributed by atoms with van der Waals surface area (Å²) in [5, 5.41) is 0. The molecule has 5 heteroatoms. The fourth-order valence-electron chi connectivity index (χ4n) is 3.32. The van der Waals surface area contributed by atoms with Crippen molar-refractivity contribution >= 4 is 5.91 Å². The molecule has 126 valence electrons. The maximum Gasteiger partial charge on any atom is 0.276 e. The molecule has 1 atom stereocenters. The zero-order valence-electron chi connectivity index (χ0n) is 13.9. The van der Waals surface area contributed by atoms with Gasteiger partial charge in [-0.3, -0.25) is 4.79 Å². The molecule has 0 N–H and O–H groups in total. The molecule has 2 aliphatic rings. The van der Waals surface area contributed by atoms with Crippen LogP contribution in [0.5, 0.6) is 0 Å². The molecule has 1 saturated heterocycles. The van der Waals surface area contributed by atoms with Crippen molar-refractivity contribution in [3.8, 4) is 0 Å². The van der Waals surface area contributed by atoms with E-state index in [-0.39, 0.29) is 12.0 Å². The predicted octanol–water partition coefficient (Wildman–Crippen LogP) is 3.64. The third kappa shape index (κ3) is 3.08. The van der Waals surface area contributed by atoms with E-state index in [0.29, 0.717) is 30.6 Å². The minimum Gasteiger partial charge on any atom is -0.445 e. The van der Waals surface area contributed by atoms with Crippen LogP contribution in [0.4, 0.5) is 0 Å². The smallest absolute Gasteiger partial charge is 0.276 e. The van der Waals surface area contributed by atoms with E-state index in [4.69, 9.17) is 9.15 Å². The first-order valence-corrected chi connectivity index (χ1v) is 8.64. The summed E-state index contributed by atoms with van der Waals surface area (Å²) in [7, 11) is 0. The van der Waals surface area contributed by atoms with Crippen molar-refractivity contribution in [1.29, 1.82) is 0 Å². The molecule has 1 aliphatic carbocycles. The van der Waals surface area contributed by atoms with Crippen LogP contribution in [0.1, 0.15) is 59.2 Å². The summed E-state index contributed by atoms with van der Waals surface area (Å²) in [5.74, 6) is 0.547. The third-order valence-electron chi connectivity index (χ3n) is 4.70. The lowest BCUT2D eigenvalue weighted by molar-refractivity contribution is 0.0691. The number of hydrogen-bond acceptors (Lipinski definition) is 4. The zero-order valence-corrected chi connectivity index (χ0v) is 13.9. The fourth-order valence-corrected chi connectivity index (χ4v) is 3.32. The Kier molecular flexibility index (Phi) is 4.10. The second kappa shape index (κ2) is 6.40. The Labute approximate surface area is 141 Å². The molecule has 0 bridgehead atoms. The molecule has 5 nitrogen and oxygen atoms in total. The summed E-state index contributed by atoms with van der Waals surface area (Å²) in [5.41, 5.74) is 2.77. The van der Waals surface area contributed by atoms with Crippen molar-refractivity contribution < 1.29 is 13.9 Å². The van der Waals surface area contributed by atoms with E-state index in [9.17, 15) is 4.79 Å². The van der Waals surface area contributed by atoms with E-state index >= 15 is 0 Å². The van der Waals surface area contributed by atoms with Gasteiger partial charge in [0, 0.05) is 19.2 Å². The standard InChI is InChI=1S/C19H22N2O3/c1-13-4-2-5-14(10-13)11-21(15-7-8-15)19(22)17-18(24-12-20-17)16-6-3-9-23-16/h2,4-5,10,12,15-16H,3,6-9,11H2,1H3/t16-/m1/s1. The number of aryl methyl sites for hydroxylation is 1. The van der Waals surface area contributed by atoms with Crippen LogP contribution >= 0.6 is 0 Å². The van der Waals surface area contributed by atoms with Gasteiger partial charge < -0.3 is 14.1 Å². The maximum absolute atomic E-state index is 13.1. The van der Waals surface area contributed by atoms with Crippen LogP contribution in [0.3, 0.4) is 0 Å². The van der Waals surface area contributed by atoms with Crippen LogP contribution in [-0.4, -0.2) is 28.4 Å². The van der Waals surface area contributed by atoms with Crippen LogP contribution < -0.4 is 0 Å². The first kappa shape index (κ1) is 15.4. The molecule has 2 heterocycles. The highest BCUT2D eigenvalue weighted by atomic mass is 16.5. The molecular weight excluding hydrogens is 304 g/mol. The second-order valence-corrected chi connectivity index (χ2v) is 6.72. The van der Waals surface area contributed by atoms with Crippen molar-refractivity contribution in [1.82, 2.24) is 9.88 Å². The van der Waals surface area contributed by atoms with Gasteiger partial charge in [-0.05, 0) is 38.2 Å². The zero-order chi connectivity index (χ0) is 16.5. The van der Waals surface area contributed by atoms with E-state index in [1.807, 2.05) is 11.0 Å². The molecule has 0 spiro atoms. The molecule has 1 aliphatic heterocycles. The van der Waals surface area contributed by atoms with Gasteiger partial charge in [-0.25, -0.2) is 4.98 Å². The van der Waals surface area contributed by atoms with E-state index < -0.39 is 0 Å². The lowest BCUT2D eigenvalue weighted by Gasteiger charge is -2.22. The largest absolute Gasteiger partial charge is 0.445 e. The monoisotopic (exact) mass is 326 g/mol. The van der Waals surface area contributed by atoms with Gasteiger partial charge in [0.15, 0.2) is 17.8 Å². The second-order valence-electron chi connectivity index (χ2n) is 6.72. The number of rotatable bonds is 5. The van der Waals surface area contributed by atoms with Gasteiger partial charge in [0.1, 0.15) is 6.10 Å². The van der Waals surface area contributed by atoms with Gasteiger partial charge in [0.05, 0.1) is 0 Å². The number of carbonyl (C=O) groups is 1. The minimum absolute atomic E-state index is 0.0433. The summed E-state index contributed by atoms with van der Waals surface area (Å²) in [4.78, 5) is 19.3. The number of aromatic nitrogens is 1. The number of nitrogens with zero attached hydrogens (tertiary/aromatic N) is 2. The quantitative estimate of drug-likeness (QED) is 0.842. The summed E-state index contributed by atoms with van der Waals surface area (Å²) in [6.45, 7) is 3.40. The molecule has 1 saturated carbocycles. The Balaban J connectivity index is 1.58. The molecule has 1 amide bonds. The van der Waals surface area contributed by atoms with Crippen molar-refractivity contribution in [2.75, 3.05) is 6.61 Å². The molecule has 1 aromatic carbocycles. The minimum atomic E-state index is -0.133. The number of ether oxygens (including phenoxy) is 1. The molecule has 1 aromatic heterocycles. The molecule has 0 radical (unpaired) electrons. The summed E-state index contributed by atoms with van der Waals surface area (Å²) in [6.07, 6.45) is 5.23. The highest BCUT2D eigenvalue weighted by Gasteiger charge is 2.37. The number of oxazole rings is 1. The first-order valence-electron chi connectivity index (χ1n) is 8.64. The Morgan fingerprint density at radius 2 is 2.21 bits per heavy atom. The van der Waals surface area contributed by atoms with Crippen LogP contribution in [0.15, 0.2) is 35.1 Å². The van der Waals surface area contributed by atoms with Crippen LogP contribution in [0.25, 0.3) is 0 Å². The molecule has 24 heavy (non-hydrogen) atoms. The Hall–Kier alpha value is -2.14. The lowest BCUT2D eigenvalue weighted by Crippen LogP contribution is -2.33. The van der Waals surface area contributed by atoms with E-state index in [1.54, 1.807) is 0 Å². The van der Waals surface area contributed by atoms with Crippen molar-refractivity contribution in [3.63, 3.8) is 0 Å². The molecule has 0 unspecified atom stereocenters. The average Bonchev–Trinajstić information content (AvgIpc) is 3.08. The Morgan fingerprint density at radius 1 is 1.33 bits per heavy atom. The third-order valence-corrected chi connectivity index (χ3v) is 4.70. The van der Waals surface area contributed by atoms with Gasteiger partial charge in [0.2, 0.25) is 0 Å². The SMILES string of the molecule is Cc1cccc(CN(C(=O)c2ncoc2[C@H]2CCCO2)C2CC2)c1. The molecule has 2 fully saturated rings. The number of amides is 1. The number of benzene rings is 1. The van der Waals surface area contributed by atoms with Crippen LogP contribution in [0.2, 0.25) is 0 Å². The van der Waals surface area contributed by atoms with Crippen LogP contribution in [-0.2, 0) is 11.3 Å². The molecular formula is C19H22N2O3. The maximum atomic E-state index is 13.1. The Morgan fingerprint density at radius 3 is 2.92 bits per heavy atom. The highest BCUT2D eigenvalue weighted by molar-refractivity contribution is 5.93. The number of carbonyl (C=O) groups excluding carboxylic acids is 1. The van der Waals surface area contributed by atoms with Gasteiger partial charge in [-0.15, -0.1) is 0 Å². The molecule has 4 rings (SSSR count). The lowest BCUT2D eigenvalue weighted by atomic mass is 10.1. The average molecular weight is 326 g/mol. The first-order chi connectivity index (χ1) is 11.7. The van der Waals surface area contributed by atoms with Crippen LogP contribution in [0, 0.1) is 6.92 Å². The fraction of sp³-hybridized carbons (Fsp3) is 0.474. The molecule has 2 aromatic rings. The van der Waals surface area contributed by atoms with Crippen molar-refractivity contribution in [2.45, 2.75) is 51.3 Å². The van der Waals surface area contributed by atoms with Gasteiger partial charge in [0.25, 0.3) is 5.91 Å². The van der Waals surface area contributed by atoms with E-state index in [1.165, 1.54) is 12.0 Å². The predicted molar refractivity (Wildman–Crippen MR) is 88.5 cm³/mol. The highest BCUT2D eigenvalue weighted by Crippen LogP contribution is 2.34. The summed E-state index contributed by atoms with van der Waals surface area (Å²) >= 11 is 0. The topological polar surface area (TPSA) is 55.6 Å². The Bertz CT molecular complexity index is 730. The summed E-state index contributed by atoms with van der Waals surface area (Å²) < 4.78 is 11.2. The normalized spacial score (nSPS) is 20.3. The summed E-state index contributed by atoms with van der Waals surface area (Å²) in [6, 6.07) is 8.62. The van der Waals surface area contributed by atoms with Crippen molar-refractivity contribution in [2.24, 2.45) is 0 Å². The van der Waals surface area contributed by atoms with Gasteiger partial charge >= 0.3 is 0 Å².